The maximum Gasteiger partial charge on any atom is 0.247 e. The van der Waals surface area contributed by atoms with E-state index in [-0.39, 0.29) is 30.6 Å². The quantitative estimate of drug-likeness (QED) is 0.514. The molecule has 0 aromatic heterocycles. The monoisotopic (exact) mass is 374 g/mol. The summed E-state index contributed by atoms with van der Waals surface area (Å²) < 4.78 is 29.5. The van der Waals surface area contributed by atoms with Crippen LogP contribution in [0.2, 0.25) is 5.02 Å². The van der Waals surface area contributed by atoms with Gasteiger partial charge in [-0.1, -0.05) is 17.7 Å². The van der Waals surface area contributed by atoms with Crippen molar-refractivity contribution in [3.8, 4) is 0 Å². The Kier molecular flexibility index (Phi) is 11.6. The number of hydrogen-bond acceptors (Lipinski definition) is 4. The molecule has 0 radical (unpaired) electrons. The summed E-state index contributed by atoms with van der Waals surface area (Å²) in [5, 5.41) is 5.89. The van der Waals surface area contributed by atoms with E-state index in [1.165, 1.54) is 0 Å². The van der Waals surface area contributed by atoms with E-state index in [2.05, 4.69) is 10.6 Å². The van der Waals surface area contributed by atoms with Crippen LogP contribution in [0, 0.1) is 0 Å². The maximum atomic E-state index is 12.3. The molecule has 0 saturated carbocycles. The van der Waals surface area contributed by atoms with Gasteiger partial charge in [0.1, 0.15) is 0 Å². The highest BCUT2D eigenvalue weighted by atomic mass is 35.5. The number of amides is 1. The molecule has 4 nitrogen and oxygen atoms in total. The molecule has 0 aliphatic carbocycles. The zero-order chi connectivity index (χ0) is 15.7. The number of benzene rings is 1. The summed E-state index contributed by atoms with van der Waals surface area (Å²) in [4.78, 5) is 12.2. The van der Waals surface area contributed by atoms with E-state index in [1.54, 1.807) is 25.3 Å². The normalized spacial score (nSPS) is 10.4. The number of anilines is 1. The van der Waals surface area contributed by atoms with Crippen LogP contribution in [0.3, 0.4) is 0 Å². The van der Waals surface area contributed by atoms with Crippen LogP contribution in [-0.2, 0) is 9.53 Å². The Balaban J connectivity index is 0.00000441. The second-order valence-corrected chi connectivity index (χ2v) is 5.47. The number of rotatable bonds is 9. The van der Waals surface area contributed by atoms with E-state index in [4.69, 9.17) is 16.3 Å². The van der Waals surface area contributed by atoms with Crippen molar-refractivity contribution in [1.29, 1.82) is 0 Å². The predicted octanol–water partition coefficient (Wildman–Crippen LogP) is 3.29. The molecular weight excluding hydrogens is 357 g/mol. The van der Waals surface area contributed by atoms with Crippen LogP contribution in [0.1, 0.15) is 0 Å². The van der Waals surface area contributed by atoms with Crippen LogP contribution in [0.5, 0.6) is 0 Å². The Morgan fingerprint density at radius 1 is 1.45 bits per heavy atom. The fourth-order valence-corrected chi connectivity index (χ4v) is 2.58. The minimum atomic E-state index is -2.44. The summed E-state index contributed by atoms with van der Waals surface area (Å²) in [5.41, 5.74) is 0.437. The zero-order valence-electron chi connectivity index (χ0n) is 11.9. The van der Waals surface area contributed by atoms with Crippen LogP contribution < -0.4 is 10.6 Å². The summed E-state index contributed by atoms with van der Waals surface area (Å²) in [6.07, 6.45) is -2.44. The number of thioether (sulfide) groups is 1. The Morgan fingerprint density at radius 2 is 2.18 bits per heavy atom. The lowest BCUT2D eigenvalue weighted by Crippen LogP contribution is -2.30. The molecule has 0 atom stereocenters. The molecular formula is C13H18Cl2F2N2O2S. The van der Waals surface area contributed by atoms with Gasteiger partial charge in [-0.2, -0.15) is 0 Å². The van der Waals surface area contributed by atoms with E-state index in [0.29, 0.717) is 28.8 Å². The number of methoxy groups -OCH3 is 1. The van der Waals surface area contributed by atoms with Gasteiger partial charge < -0.3 is 15.4 Å². The first-order valence-electron chi connectivity index (χ1n) is 6.23. The topological polar surface area (TPSA) is 50.4 Å². The van der Waals surface area contributed by atoms with Gasteiger partial charge in [-0.3, -0.25) is 4.79 Å². The highest BCUT2D eigenvalue weighted by Gasteiger charge is 2.13. The summed E-state index contributed by atoms with van der Waals surface area (Å²) >= 11 is 6.91. The average molecular weight is 375 g/mol. The van der Waals surface area contributed by atoms with E-state index < -0.39 is 6.43 Å². The molecule has 9 heteroatoms. The molecule has 0 aliphatic rings. The third-order valence-electron chi connectivity index (χ3n) is 2.36. The van der Waals surface area contributed by atoms with Gasteiger partial charge in [0.05, 0.1) is 29.6 Å². The third kappa shape index (κ3) is 8.14. The molecule has 0 heterocycles. The van der Waals surface area contributed by atoms with Gasteiger partial charge in [-0.05, 0) is 12.1 Å². The number of carbonyl (C=O) groups is 1. The van der Waals surface area contributed by atoms with E-state index >= 15 is 0 Å². The van der Waals surface area contributed by atoms with Crippen LogP contribution in [0.4, 0.5) is 14.5 Å². The van der Waals surface area contributed by atoms with Gasteiger partial charge in [0.15, 0.2) is 0 Å². The van der Waals surface area contributed by atoms with Gasteiger partial charge in [0, 0.05) is 18.6 Å². The van der Waals surface area contributed by atoms with Crippen molar-refractivity contribution in [1.82, 2.24) is 5.32 Å². The Morgan fingerprint density at radius 3 is 2.82 bits per heavy atom. The zero-order valence-corrected chi connectivity index (χ0v) is 14.3. The third-order valence-corrected chi connectivity index (χ3v) is 3.94. The highest BCUT2D eigenvalue weighted by Crippen LogP contribution is 2.34. The lowest BCUT2D eigenvalue weighted by Gasteiger charge is -2.12. The maximum absolute atomic E-state index is 12.3. The molecule has 1 amide bonds. The molecule has 1 aromatic rings. The fraction of sp³-hybridized carbons (Fsp3) is 0.462. The second kappa shape index (κ2) is 11.9. The van der Waals surface area contributed by atoms with Crippen molar-refractivity contribution < 1.29 is 18.3 Å². The number of nitrogens with one attached hydrogen (secondary N) is 2. The van der Waals surface area contributed by atoms with E-state index in [0.717, 1.165) is 11.8 Å². The van der Waals surface area contributed by atoms with Gasteiger partial charge in [0.25, 0.3) is 0 Å². The van der Waals surface area contributed by atoms with Crippen LogP contribution in [0.15, 0.2) is 23.1 Å². The van der Waals surface area contributed by atoms with Crippen molar-refractivity contribution in [2.45, 2.75) is 11.3 Å². The van der Waals surface area contributed by atoms with Crippen LogP contribution >= 0.6 is 35.8 Å². The summed E-state index contributed by atoms with van der Waals surface area (Å²) in [7, 11) is 1.57. The number of halogens is 4. The molecule has 2 N–H and O–H groups in total. The summed E-state index contributed by atoms with van der Waals surface area (Å²) in [6, 6.07) is 4.89. The SMILES string of the molecule is COCCNCC(=O)Nc1cccc(Cl)c1SCC(F)F.Cl. The first-order chi connectivity index (χ1) is 10.0. The first-order valence-corrected chi connectivity index (χ1v) is 7.60. The number of carbonyl (C=O) groups excluding carboxylic acids is 1. The van der Waals surface area contributed by atoms with Gasteiger partial charge in [-0.25, -0.2) is 8.78 Å². The van der Waals surface area contributed by atoms with E-state index in [1.807, 2.05) is 0 Å². The van der Waals surface area contributed by atoms with Crippen molar-refractivity contribution in [3.05, 3.63) is 23.2 Å². The van der Waals surface area contributed by atoms with Crippen molar-refractivity contribution >= 4 is 47.4 Å². The largest absolute Gasteiger partial charge is 0.383 e. The minimum Gasteiger partial charge on any atom is -0.383 e. The predicted molar refractivity (Wildman–Crippen MR) is 88.8 cm³/mol. The molecule has 0 unspecified atom stereocenters. The molecule has 0 aliphatic heterocycles. The standard InChI is InChI=1S/C13H17ClF2N2O2S.ClH/c1-20-6-5-17-7-12(19)18-10-4-2-3-9(14)13(10)21-8-11(15)16;/h2-4,11,17H,5-8H2,1H3,(H,18,19);1H. The van der Waals surface area contributed by atoms with Gasteiger partial charge in [0.2, 0.25) is 12.3 Å². The summed E-state index contributed by atoms with van der Waals surface area (Å²) in [6.45, 7) is 1.15. The Hall–Kier alpha value is -0.600. The Labute approximate surface area is 143 Å². The molecule has 1 aromatic carbocycles. The highest BCUT2D eigenvalue weighted by molar-refractivity contribution is 7.99. The lowest BCUT2D eigenvalue weighted by atomic mass is 10.3. The molecule has 1 rings (SSSR count). The minimum absolute atomic E-state index is 0. The van der Waals surface area contributed by atoms with Crippen molar-refractivity contribution in [2.75, 3.05) is 37.9 Å². The molecule has 0 fully saturated rings. The van der Waals surface area contributed by atoms with E-state index in [9.17, 15) is 13.6 Å². The van der Waals surface area contributed by atoms with Crippen LogP contribution in [0.25, 0.3) is 0 Å². The summed E-state index contributed by atoms with van der Waals surface area (Å²) in [5.74, 6) is -0.647. The first kappa shape index (κ1) is 21.4. The molecule has 22 heavy (non-hydrogen) atoms. The Bertz CT molecular complexity index is 468. The molecule has 0 bridgehead atoms. The average Bonchev–Trinajstić information content (AvgIpc) is 2.43. The molecule has 126 valence electrons. The van der Waals surface area contributed by atoms with Crippen LogP contribution in [-0.4, -0.2) is 44.9 Å². The van der Waals surface area contributed by atoms with Gasteiger partial charge in [-0.15, -0.1) is 24.2 Å². The lowest BCUT2D eigenvalue weighted by molar-refractivity contribution is -0.115. The number of ether oxygens (including phenoxy) is 1. The number of alkyl halides is 2. The van der Waals surface area contributed by atoms with Crippen molar-refractivity contribution in [3.63, 3.8) is 0 Å². The van der Waals surface area contributed by atoms with Crippen molar-refractivity contribution in [2.24, 2.45) is 0 Å². The van der Waals surface area contributed by atoms with Gasteiger partial charge >= 0.3 is 0 Å². The molecule has 0 spiro atoms. The second-order valence-electron chi connectivity index (χ2n) is 4.04. The molecule has 0 saturated heterocycles. The smallest absolute Gasteiger partial charge is 0.247 e. The number of hydrogen-bond donors (Lipinski definition) is 2. The fourth-order valence-electron chi connectivity index (χ4n) is 1.47.